The number of nitrogens with one attached hydrogen (secondary N) is 1. The number of dihydropyridines is 1. The Bertz CT molecular complexity index is 1320. The first-order chi connectivity index (χ1) is 18.0. The lowest BCUT2D eigenvalue weighted by atomic mass is 9.64. The normalized spacial score (nSPS) is 20.6. The highest BCUT2D eigenvalue weighted by atomic mass is 35.5. The highest BCUT2D eigenvalue weighted by molar-refractivity contribution is 6.31. The summed E-state index contributed by atoms with van der Waals surface area (Å²) in [6, 6.07) is 13.4. The number of rotatable bonds is 6. The van der Waals surface area contributed by atoms with Gasteiger partial charge in [0.2, 0.25) is 0 Å². The molecule has 1 aliphatic heterocycles. The van der Waals surface area contributed by atoms with Gasteiger partial charge in [-0.15, -0.1) is 0 Å². The van der Waals surface area contributed by atoms with Crippen LogP contribution in [0.15, 0.2) is 65.0 Å². The van der Waals surface area contributed by atoms with Gasteiger partial charge in [0.25, 0.3) is 0 Å². The van der Waals surface area contributed by atoms with Crippen molar-refractivity contribution >= 4 is 23.2 Å². The lowest BCUT2D eigenvalue weighted by Gasteiger charge is -2.44. The van der Waals surface area contributed by atoms with E-state index in [0.29, 0.717) is 42.6 Å². The summed E-state index contributed by atoms with van der Waals surface area (Å²) in [5.41, 5.74) is 4.86. The lowest BCUT2D eigenvalue weighted by Crippen LogP contribution is -2.42. The molecule has 0 amide bonds. The fourth-order valence-corrected chi connectivity index (χ4v) is 6.28. The minimum atomic E-state index is -0.412. The Balaban J connectivity index is 1.58. The molecule has 0 atom stereocenters. The summed E-state index contributed by atoms with van der Waals surface area (Å²) in [4.78, 5) is 27.2. The van der Waals surface area contributed by atoms with Crippen LogP contribution in [0.25, 0.3) is 0 Å². The fourth-order valence-electron chi connectivity index (χ4n) is 6.08. The van der Waals surface area contributed by atoms with Crippen LogP contribution < -0.4 is 14.8 Å². The summed E-state index contributed by atoms with van der Waals surface area (Å²) in [6.45, 7) is 11.2. The fraction of sp³-hybridized carbons (Fsp3) is 0.438. The zero-order valence-corrected chi connectivity index (χ0v) is 23.6. The van der Waals surface area contributed by atoms with Gasteiger partial charge in [0.05, 0.1) is 6.61 Å². The van der Waals surface area contributed by atoms with Crippen molar-refractivity contribution < 1.29 is 19.1 Å². The summed E-state index contributed by atoms with van der Waals surface area (Å²) >= 11 is 6.32. The van der Waals surface area contributed by atoms with Crippen molar-refractivity contribution in [1.82, 2.24) is 5.32 Å². The lowest BCUT2D eigenvalue weighted by molar-refractivity contribution is -0.119. The third-order valence-electron chi connectivity index (χ3n) is 7.66. The first-order valence-corrected chi connectivity index (χ1v) is 13.8. The minimum Gasteiger partial charge on any atom is -0.490 e. The average molecular weight is 534 g/mol. The van der Waals surface area contributed by atoms with E-state index in [0.717, 1.165) is 46.5 Å². The molecule has 0 bridgehead atoms. The Morgan fingerprint density at radius 2 is 1.45 bits per heavy atom. The van der Waals surface area contributed by atoms with Gasteiger partial charge >= 0.3 is 0 Å². The monoisotopic (exact) mass is 533 g/mol. The van der Waals surface area contributed by atoms with E-state index in [1.165, 1.54) is 0 Å². The van der Waals surface area contributed by atoms with Crippen molar-refractivity contribution in [3.8, 4) is 11.5 Å². The van der Waals surface area contributed by atoms with Crippen LogP contribution in [0.1, 0.15) is 77.3 Å². The SMILES string of the molecule is CCOc1cc(C2C3=C(CC(C)(C)CC3=O)NC3=C2C(=O)CC(C)(C)C3)ccc1OCc1ccccc1Cl. The number of benzene rings is 2. The zero-order valence-electron chi connectivity index (χ0n) is 22.9. The Morgan fingerprint density at radius 3 is 2.03 bits per heavy atom. The number of hydrogen-bond acceptors (Lipinski definition) is 5. The molecule has 38 heavy (non-hydrogen) atoms. The molecule has 0 fully saturated rings. The predicted molar refractivity (Wildman–Crippen MR) is 149 cm³/mol. The number of carbonyl (C=O) groups is 2. The van der Waals surface area contributed by atoms with Gasteiger partial charge < -0.3 is 14.8 Å². The second kappa shape index (κ2) is 9.92. The van der Waals surface area contributed by atoms with E-state index in [1.54, 1.807) is 0 Å². The van der Waals surface area contributed by atoms with Crippen LogP contribution in [0.5, 0.6) is 11.5 Å². The van der Waals surface area contributed by atoms with Gasteiger partial charge in [0, 0.05) is 51.9 Å². The smallest absolute Gasteiger partial charge is 0.162 e. The minimum absolute atomic E-state index is 0.106. The average Bonchev–Trinajstić information content (AvgIpc) is 2.81. The van der Waals surface area contributed by atoms with Gasteiger partial charge in [0.1, 0.15) is 6.61 Å². The highest BCUT2D eigenvalue weighted by Crippen LogP contribution is 2.51. The Labute approximate surface area is 230 Å². The highest BCUT2D eigenvalue weighted by Gasteiger charge is 2.46. The van der Waals surface area contributed by atoms with E-state index < -0.39 is 5.92 Å². The standard InChI is InChI=1S/C32H36ClNO4/c1-6-37-27-13-19(11-12-26(27)38-18-20-9-7-8-10-21(20)33)28-29-22(14-31(2,3)16-24(29)35)34-23-15-32(4,5)17-25(36)30(23)28/h7-13,28,34H,6,14-18H2,1-5H3. The molecule has 0 radical (unpaired) electrons. The molecule has 200 valence electrons. The molecule has 0 spiro atoms. The molecule has 1 N–H and O–H groups in total. The molecule has 5 rings (SSSR count). The number of ketones is 2. The molecule has 2 aliphatic carbocycles. The predicted octanol–water partition coefficient (Wildman–Crippen LogP) is 7.29. The van der Waals surface area contributed by atoms with Crippen molar-refractivity contribution in [2.45, 2.75) is 72.8 Å². The number of allylic oxidation sites excluding steroid dienone is 4. The van der Waals surface area contributed by atoms with Crippen LogP contribution in [0.2, 0.25) is 5.02 Å². The summed E-state index contributed by atoms with van der Waals surface area (Å²) in [5, 5.41) is 4.22. The first kappa shape index (κ1) is 26.6. The van der Waals surface area contributed by atoms with Crippen LogP contribution >= 0.6 is 11.6 Å². The largest absolute Gasteiger partial charge is 0.490 e. The number of Topliss-reactive ketones (excluding diaryl/α,β-unsaturated/α-hetero) is 2. The molecule has 5 nitrogen and oxygen atoms in total. The van der Waals surface area contributed by atoms with Crippen molar-refractivity contribution in [2.24, 2.45) is 10.8 Å². The van der Waals surface area contributed by atoms with Crippen LogP contribution in [0, 0.1) is 10.8 Å². The summed E-state index contributed by atoms with van der Waals surface area (Å²) in [6.07, 6.45) is 2.47. The Hall–Kier alpha value is -3.05. The molecule has 6 heteroatoms. The molecule has 0 saturated carbocycles. The van der Waals surface area contributed by atoms with Gasteiger partial charge in [-0.05, 0) is 54.4 Å². The van der Waals surface area contributed by atoms with Crippen LogP contribution in [0.3, 0.4) is 0 Å². The van der Waals surface area contributed by atoms with E-state index >= 15 is 0 Å². The third kappa shape index (κ3) is 5.13. The topological polar surface area (TPSA) is 64.6 Å². The van der Waals surface area contributed by atoms with Crippen LogP contribution in [-0.2, 0) is 16.2 Å². The third-order valence-corrected chi connectivity index (χ3v) is 8.03. The molecule has 3 aliphatic rings. The molecule has 0 saturated heterocycles. The van der Waals surface area contributed by atoms with Crippen LogP contribution in [0.4, 0.5) is 0 Å². The molecule has 1 heterocycles. The maximum absolute atomic E-state index is 13.6. The second-order valence-electron chi connectivity index (χ2n) is 12.2. The molecule has 2 aromatic carbocycles. The number of carbonyl (C=O) groups excluding carboxylic acids is 2. The van der Waals surface area contributed by atoms with E-state index in [1.807, 2.05) is 49.4 Å². The maximum atomic E-state index is 13.6. The number of ether oxygens (including phenoxy) is 2. The number of halogens is 1. The molecule has 0 unspecified atom stereocenters. The molecular weight excluding hydrogens is 498 g/mol. The summed E-state index contributed by atoms with van der Waals surface area (Å²) in [5.74, 6) is 0.988. The van der Waals surface area contributed by atoms with Crippen molar-refractivity contribution in [3.63, 3.8) is 0 Å². The molecular formula is C32H36ClNO4. The Morgan fingerprint density at radius 1 is 0.842 bits per heavy atom. The van der Waals surface area contributed by atoms with Crippen molar-refractivity contribution in [2.75, 3.05) is 6.61 Å². The van der Waals surface area contributed by atoms with Crippen LogP contribution in [-0.4, -0.2) is 18.2 Å². The van der Waals surface area contributed by atoms with Gasteiger partial charge in [-0.2, -0.15) is 0 Å². The van der Waals surface area contributed by atoms with E-state index in [4.69, 9.17) is 21.1 Å². The first-order valence-electron chi connectivity index (χ1n) is 13.4. The quantitative estimate of drug-likeness (QED) is 0.422. The zero-order chi connectivity index (χ0) is 27.2. The van der Waals surface area contributed by atoms with Gasteiger partial charge in [0.15, 0.2) is 23.1 Å². The van der Waals surface area contributed by atoms with E-state index in [-0.39, 0.29) is 22.4 Å². The van der Waals surface area contributed by atoms with Gasteiger partial charge in [-0.3, -0.25) is 9.59 Å². The number of hydrogen-bond donors (Lipinski definition) is 1. The molecule has 2 aromatic rings. The molecule has 0 aromatic heterocycles. The van der Waals surface area contributed by atoms with E-state index in [9.17, 15) is 9.59 Å². The van der Waals surface area contributed by atoms with Crippen molar-refractivity contribution in [1.29, 1.82) is 0 Å². The van der Waals surface area contributed by atoms with Gasteiger partial charge in [-0.25, -0.2) is 0 Å². The van der Waals surface area contributed by atoms with Crippen molar-refractivity contribution in [3.05, 3.63) is 81.2 Å². The van der Waals surface area contributed by atoms with E-state index in [2.05, 4.69) is 33.0 Å². The summed E-state index contributed by atoms with van der Waals surface area (Å²) < 4.78 is 12.1. The Kier molecular flexibility index (Phi) is 6.93. The van der Waals surface area contributed by atoms with Gasteiger partial charge in [-0.1, -0.05) is 63.6 Å². The maximum Gasteiger partial charge on any atom is 0.162 e. The summed E-state index contributed by atoms with van der Waals surface area (Å²) in [7, 11) is 0. The second-order valence-corrected chi connectivity index (χ2v) is 12.7.